The van der Waals surface area contributed by atoms with Crippen LogP contribution in [0.3, 0.4) is 0 Å². The van der Waals surface area contributed by atoms with E-state index in [1.54, 1.807) is 0 Å². The molecular weight excluding hydrogens is 296 g/mol. The number of hydrogen-bond donors (Lipinski definition) is 0. The third-order valence-electron chi connectivity index (χ3n) is 4.66. The number of ether oxygens (including phenoxy) is 1. The van der Waals surface area contributed by atoms with Crippen molar-refractivity contribution >= 4 is 0 Å². The summed E-state index contributed by atoms with van der Waals surface area (Å²) in [5.41, 5.74) is 0. The van der Waals surface area contributed by atoms with Gasteiger partial charge in [-0.25, -0.2) is 4.98 Å². The monoisotopic (exact) mass is 336 g/mol. The molecule has 0 atom stereocenters. The molecule has 140 valence electrons. The fourth-order valence-corrected chi connectivity index (χ4v) is 3.06. The highest BCUT2D eigenvalue weighted by Crippen LogP contribution is 2.11. The summed E-state index contributed by atoms with van der Waals surface area (Å²) in [4.78, 5) is 4.07. The van der Waals surface area contributed by atoms with Gasteiger partial charge < -0.3 is 9.30 Å². The molecule has 0 amide bonds. The Morgan fingerprint density at radius 1 is 0.708 bits per heavy atom. The van der Waals surface area contributed by atoms with Gasteiger partial charge >= 0.3 is 0 Å². The van der Waals surface area contributed by atoms with Crippen LogP contribution in [0.15, 0.2) is 18.7 Å². The Bertz CT molecular complexity index is 338. The summed E-state index contributed by atoms with van der Waals surface area (Å²) in [6, 6.07) is 0. The molecule has 24 heavy (non-hydrogen) atoms. The Morgan fingerprint density at radius 2 is 1.25 bits per heavy atom. The minimum atomic E-state index is 0.968. The van der Waals surface area contributed by atoms with Crippen molar-refractivity contribution in [3.63, 3.8) is 0 Å². The second-order valence-corrected chi connectivity index (χ2v) is 7.01. The van der Waals surface area contributed by atoms with Crippen molar-refractivity contribution in [2.24, 2.45) is 0 Å². The molecule has 1 rings (SSSR count). The summed E-state index contributed by atoms with van der Waals surface area (Å²) < 4.78 is 7.82. The van der Waals surface area contributed by atoms with E-state index in [1.165, 1.54) is 89.9 Å². The molecule has 0 bridgehead atoms. The molecule has 0 unspecified atom stereocenters. The van der Waals surface area contributed by atoms with Gasteiger partial charge in [-0.2, -0.15) is 0 Å². The van der Waals surface area contributed by atoms with Gasteiger partial charge in [-0.05, 0) is 19.3 Å². The molecule has 0 saturated carbocycles. The molecule has 0 N–H and O–H groups in total. The standard InChI is InChI=1S/C21H40N2O/c1-2-3-14-19-24-20-15-12-10-8-6-4-5-7-9-11-13-17-23-18-16-22-21-23/h16,18,21H,2-15,17,19-20H2,1H3. The minimum absolute atomic E-state index is 0.968. The molecule has 3 nitrogen and oxygen atoms in total. The topological polar surface area (TPSA) is 27.1 Å². The van der Waals surface area contributed by atoms with Gasteiger partial charge in [0.15, 0.2) is 0 Å². The Labute approximate surface area is 150 Å². The first kappa shape index (κ1) is 21.2. The Hall–Kier alpha value is -0.830. The van der Waals surface area contributed by atoms with Crippen LogP contribution in [0.2, 0.25) is 0 Å². The molecule has 1 aromatic rings. The molecule has 0 saturated heterocycles. The average Bonchev–Trinajstić information content (AvgIpc) is 3.11. The predicted octanol–water partition coefficient (Wildman–Crippen LogP) is 6.38. The van der Waals surface area contributed by atoms with E-state index in [0.717, 1.165) is 19.8 Å². The number of aromatic nitrogens is 2. The molecule has 0 aliphatic heterocycles. The maximum absolute atomic E-state index is 5.65. The third kappa shape index (κ3) is 13.6. The molecule has 3 heteroatoms. The van der Waals surface area contributed by atoms with Crippen molar-refractivity contribution in [3.8, 4) is 0 Å². The van der Waals surface area contributed by atoms with Gasteiger partial charge in [0.2, 0.25) is 0 Å². The van der Waals surface area contributed by atoms with E-state index in [-0.39, 0.29) is 0 Å². The number of nitrogens with zero attached hydrogens (tertiary/aromatic N) is 2. The number of rotatable bonds is 18. The van der Waals surface area contributed by atoms with Crippen molar-refractivity contribution < 1.29 is 4.74 Å². The Morgan fingerprint density at radius 3 is 1.79 bits per heavy atom. The van der Waals surface area contributed by atoms with Crippen LogP contribution in [0.4, 0.5) is 0 Å². The normalized spacial score (nSPS) is 11.2. The van der Waals surface area contributed by atoms with Gasteiger partial charge in [0.25, 0.3) is 0 Å². The quantitative estimate of drug-likeness (QED) is 0.291. The fourth-order valence-electron chi connectivity index (χ4n) is 3.06. The van der Waals surface area contributed by atoms with Crippen molar-refractivity contribution in [1.29, 1.82) is 0 Å². The van der Waals surface area contributed by atoms with Crippen molar-refractivity contribution in [2.45, 2.75) is 103 Å². The lowest BCUT2D eigenvalue weighted by molar-refractivity contribution is 0.126. The summed E-state index contributed by atoms with van der Waals surface area (Å²) in [5.74, 6) is 0. The summed E-state index contributed by atoms with van der Waals surface area (Å²) in [5, 5.41) is 0. The molecule has 0 spiro atoms. The number of imidazole rings is 1. The molecule has 1 heterocycles. The second kappa shape index (κ2) is 17.0. The van der Waals surface area contributed by atoms with E-state index in [2.05, 4.69) is 22.7 Å². The van der Waals surface area contributed by atoms with E-state index >= 15 is 0 Å². The molecule has 0 fully saturated rings. The SMILES string of the molecule is CCCCCOCCCCCCCCCCCCCn1ccnc1. The van der Waals surface area contributed by atoms with Crippen molar-refractivity contribution in [1.82, 2.24) is 9.55 Å². The summed E-state index contributed by atoms with van der Waals surface area (Å²) in [6.07, 6.45) is 24.8. The zero-order valence-electron chi connectivity index (χ0n) is 16.1. The molecule has 0 radical (unpaired) electrons. The maximum atomic E-state index is 5.65. The molecule has 0 aromatic carbocycles. The number of aryl methyl sites for hydroxylation is 1. The first-order chi connectivity index (χ1) is 11.9. The Balaban J connectivity index is 1.66. The van der Waals surface area contributed by atoms with Gasteiger partial charge in [-0.15, -0.1) is 0 Å². The van der Waals surface area contributed by atoms with Gasteiger partial charge in [0.1, 0.15) is 0 Å². The van der Waals surface area contributed by atoms with Crippen LogP contribution in [0.1, 0.15) is 96.8 Å². The van der Waals surface area contributed by atoms with E-state index < -0.39 is 0 Å². The van der Waals surface area contributed by atoms with Crippen LogP contribution in [0.5, 0.6) is 0 Å². The lowest BCUT2D eigenvalue weighted by Gasteiger charge is -2.05. The highest BCUT2D eigenvalue weighted by molar-refractivity contribution is 4.73. The fraction of sp³-hybridized carbons (Fsp3) is 0.857. The lowest BCUT2D eigenvalue weighted by Crippen LogP contribution is -1.96. The summed E-state index contributed by atoms with van der Waals surface area (Å²) in [6.45, 7) is 5.31. The minimum Gasteiger partial charge on any atom is -0.381 e. The molecular formula is C21H40N2O. The van der Waals surface area contributed by atoms with Crippen LogP contribution >= 0.6 is 0 Å². The zero-order chi connectivity index (χ0) is 17.1. The zero-order valence-corrected chi connectivity index (χ0v) is 16.1. The van der Waals surface area contributed by atoms with E-state index in [4.69, 9.17) is 4.74 Å². The van der Waals surface area contributed by atoms with Gasteiger partial charge in [-0.1, -0.05) is 77.6 Å². The van der Waals surface area contributed by atoms with E-state index in [0.29, 0.717) is 0 Å². The first-order valence-electron chi connectivity index (χ1n) is 10.5. The van der Waals surface area contributed by atoms with Gasteiger partial charge in [-0.3, -0.25) is 0 Å². The van der Waals surface area contributed by atoms with Crippen LogP contribution in [-0.4, -0.2) is 22.8 Å². The molecule has 1 aromatic heterocycles. The van der Waals surface area contributed by atoms with Crippen LogP contribution < -0.4 is 0 Å². The van der Waals surface area contributed by atoms with E-state index in [9.17, 15) is 0 Å². The summed E-state index contributed by atoms with van der Waals surface area (Å²) >= 11 is 0. The van der Waals surface area contributed by atoms with Gasteiger partial charge in [0, 0.05) is 32.2 Å². The Kier molecular flexibility index (Phi) is 15.0. The van der Waals surface area contributed by atoms with Crippen molar-refractivity contribution in [3.05, 3.63) is 18.7 Å². The van der Waals surface area contributed by atoms with Crippen LogP contribution in [0.25, 0.3) is 0 Å². The van der Waals surface area contributed by atoms with Crippen LogP contribution in [0, 0.1) is 0 Å². The van der Waals surface area contributed by atoms with Gasteiger partial charge in [0.05, 0.1) is 6.33 Å². The smallest absolute Gasteiger partial charge is 0.0945 e. The summed E-state index contributed by atoms with van der Waals surface area (Å²) in [7, 11) is 0. The predicted molar refractivity (Wildman–Crippen MR) is 103 cm³/mol. The lowest BCUT2D eigenvalue weighted by atomic mass is 10.1. The van der Waals surface area contributed by atoms with E-state index in [1.807, 2.05) is 12.5 Å². The highest BCUT2D eigenvalue weighted by Gasteiger charge is 1.95. The highest BCUT2D eigenvalue weighted by atomic mass is 16.5. The molecule has 0 aliphatic carbocycles. The number of hydrogen-bond acceptors (Lipinski definition) is 2. The second-order valence-electron chi connectivity index (χ2n) is 7.01. The first-order valence-corrected chi connectivity index (χ1v) is 10.5. The van der Waals surface area contributed by atoms with Crippen molar-refractivity contribution in [2.75, 3.05) is 13.2 Å². The number of unbranched alkanes of at least 4 members (excludes halogenated alkanes) is 12. The molecule has 0 aliphatic rings. The van der Waals surface area contributed by atoms with Crippen LogP contribution in [-0.2, 0) is 11.3 Å². The third-order valence-corrected chi connectivity index (χ3v) is 4.66. The average molecular weight is 337 g/mol. The maximum Gasteiger partial charge on any atom is 0.0945 e. The largest absolute Gasteiger partial charge is 0.381 e.